The van der Waals surface area contributed by atoms with Gasteiger partial charge in [-0.25, -0.2) is 0 Å². The van der Waals surface area contributed by atoms with Crippen LogP contribution in [0, 0.1) is 0 Å². The third-order valence-corrected chi connectivity index (χ3v) is 8.62. The van der Waals surface area contributed by atoms with Gasteiger partial charge in [0.05, 0.1) is 18.4 Å². The Morgan fingerprint density at radius 1 is 0.959 bits per heavy atom. The molecule has 1 aliphatic heterocycles. The van der Waals surface area contributed by atoms with E-state index in [2.05, 4.69) is 28.0 Å². The topological polar surface area (TPSA) is 130 Å². The molecule has 2 heterocycles. The molecule has 0 spiro atoms. The number of ether oxygens (including phenoxy) is 2. The summed E-state index contributed by atoms with van der Waals surface area (Å²) in [5.41, 5.74) is 7.66. The van der Waals surface area contributed by atoms with Crippen molar-refractivity contribution >= 4 is 23.9 Å². The van der Waals surface area contributed by atoms with Crippen LogP contribution in [0.5, 0.6) is 11.5 Å². The number of nitrogens with one attached hydrogen (secondary N) is 1. The van der Waals surface area contributed by atoms with Crippen LogP contribution in [0.4, 0.5) is 0 Å². The summed E-state index contributed by atoms with van der Waals surface area (Å²) in [6, 6.07) is 21.6. The van der Waals surface area contributed by atoms with Crippen LogP contribution < -0.4 is 20.5 Å². The van der Waals surface area contributed by atoms with Gasteiger partial charge in [-0.2, -0.15) is 0 Å². The largest absolute Gasteiger partial charge is 0.490 e. The van der Waals surface area contributed by atoms with Crippen LogP contribution in [0.15, 0.2) is 84.8 Å². The van der Waals surface area contributed by atoms with Crippen LogP contribution in [0.3, 0.4) is 0 Å². The number of benzene rings is 2. The molecule has 0 radical (unpaired) electrons. The van der Waals surface area contributed by atoms with Gasteiger partial charge in [0, 0.05) is 57.4 Å². The van der Waals surface area contributed by atoms with Gasteiger partial charge < -0.3 is 35.2 Å². The van der Waals surface area contributed by atoms with Crippen LogP contribution in [0.2, 0.25) is 0 Å². The van der Waals surface area contributed by atoms with Crippen molar-refractivity contribution in [2.45, 2.75) is 58.0 Å². The van der Waals surface area contributed by atoms with Crippen LogP contribution in [0.25, 0.3) is 5.70 Å². The average Bonchev–Trinajstić information content (AvgIpc) is 3.16. The molecule has 2 fully saturated rings. The molecule has 1 aromatic heterocycles. The van der Waals surface area contributed by atoms with E-state index in [9.17, 15) is 14.4 Å². The number of piperazine rings is 1. The van der Waals surface area contributed by atoms with E-state index in [-0.39, 0.29) is 18.4 Å². The summed E-state index contributed by atoms with van der Waals surface area (Å²) in [7, 11) is 2.08. The van der Waals surface area contributed by atoms with E-state index in [1.165, 1.54) is 6.42 Å². The maximum Gasteiger partial charge on any atom is 0.272 e. The van der Waals surface area contributed by atoms with Crippen LogP contribution in [-0.4, -0.2) is 90.4 Å². The van der Waals surface area contributed by atoms with Crippen molar-refractivity contribution in [3.8, 4) is 11.5 Å². The maximum atomic E-state index is 14.4. The first-order chi connectivity index (χ1) is 23.9. The number of aromatic nitrogens is 1. The lowest BCUT2D eigenvalue weighted by Crippen LogP contribution is -2.49. The summed E-state index contributed by atoms with van der Waals surface area (Å²) in [4.78, 5) is 46.7. The maximum absolute atomic E-state index is 14.4. The minimum atomic E-state index is -0.245. The molecule has 3 N–H and O–H groups in total. The number of nitrogens with zero attached hydrogens (tertiary/aromatic N) is 4. The van der Waals surface area contributed by atoms with E-state index in [0.29, 0.717) is 56.0 Å². The van der Waals surface area contributed by atoms with Crippen LogP contribution >= 0.6 is 0 Å². The molecular formula is C38H50N6O5. The SMILES string of the molecule is CCC(N)=O.CN(/C(=C(/C(=O)N1CCNCC1)N(C=O)Cc1cccc(OCCOc2cccnc2)c1)c1ccccc1)C1CCCCC1. The Bertz CT molecular complexity index is 1490. The highest BCUT2D eigenvalue weighted by atomic mass is 16.5. The zero-order valence-electron chi connectivity index (χ0n) is 28.8. The molecule has 3 amide bonds. The number of nitrogens with two attached hydrogens (primary N) is 1. The van der Waals surface area contributed by atoms with E-state index in [0.717, 1.165) is 62.0 Å². The van der Waals surface area contributed by atoms with E-state index >= 15 is 0 Å². The predicted octanol–water partition coefficient (Wildman–Crippen LogP) is 4.44. The first-order valence-electron chi connectivity index (χ1n) is 17.2. The Labute approximate surface area is 290 Å². The quantitative estimate of drug-likeness (QED) is 0.146. The fraction of sp³-hybridized carbons (Fsp3) is 0.421. The van der Waals surface area contributed by atoms with Crippen molar-refractivity contribution in [2.24, 2.45) is 5.73 Å². The zero-order chi connectivity index (χ0) is 34.8. The minimum absolute atomic E-state index is 0.125. The van der Waals surface area contributed by atoms with Crippen molar-refractivity contribution in [2.75, 3.05) is 46.4 Å². The fourth-order valence-corrected chi connectivity index (χ4v) is 5.98. The molecule has 2 aromatic carbocycles. The summed E-state index contributed by atoms with van der Waals surface area (Å²) in [5, 5.41) is 3.33. The highest BCUT2D eigenvalue weighted by Gasteiger charge is 2.32. The first kappa shape index (κ1) is 36.9. The second-order valence-electron chi connectivity index (χ2n) is 12.1. The molecule has 11 nitrogen and oxygen atoms in total. The van der Waals surface area contributed by atoms with Crippen LogP contribution in [0.1, 0.15) is 56.6 Å². The molecule has 0 bridgehead atoms. The van der Waals surface area contributed by atoms with Gasteiger partial charge >= 0.3 is 0 Å². The first-order valence-corrected chi connectivity index (χ1v) is 17.2. The molecular weight excluding hydrogens is 620 g/mol. The van der Waals surface area contributed by atoms with E-state index in [1.54, 1.807) is 24.2 Å². The molecule has 1 saturated carbocycles. The smallest absolute Gasteiger partial charge is 0.272 e. The molecule has 2 aliphatic rings. The van der Waals surface area contributed by atoms with Gasteiger partial charge in [0.2, 0.25) is 12.3 Å². The second kappa shape index (κ2) is 19.8. The Morgan fingerprint density at radius 2 is 1.63 bits per heavy atom. The number of hydrogen-bond donors (Lipinski definition) is 2. The molecule has 0 atom stereocenters. The molecule has 262 valence electrons. The minimum Gasteiger partial charge on any atom is -0.490 e. The molecule has 11 heteroatoms. The lowest BCUT2D eigenvalue weighted by molar-refractivity contribution is -0.132. The Kier molecular flexibility index (Phi) is 14.9. The Morgan fingerprint density at radius 3 is 2.27 bits per heavy atom. The summed E-state index contributed by atoms with van der Waals surface area (Å²) < 4.78 is 11.7. The zero-order valence-corrected chi connectivity index (χ0v) is 28.8. The molecule has 0 unspecified atom stereocenters. The molecule has 5 rings (SSSR count). The van der Waals surface area contributed by atoms with Crippen molar-refractivity contribution in [1.82, 2.24) is 25.0 Å². The van der Waals surface area contributed by atoms with Crippen molar-refractivity contribution in [1.29, 1.82) is 0 Å². The molecule has 3 aromatic rings. The van der Waals surface area contributed by atoms with Gasteiger partial charge in [-0.15, -0.1) is 0 Å². The third kappa shape index (κ3) is 11.3. The number of primary amides is 1. The number of pyridine rings is 1. The summed E-state index contributed by atoms with van der Waals surface area (Å²) in [6.07, 6.45) is 10.3. The number of hydrogen-bond acceptors (Lipinski definition) is 8. The van der Waals surface area contributed by atoms with Gasteiger partial charge in [0.25, 0.3) is 5.91 Å². The molecule has 1 saturated heterocycles. The number of rotatable bonds is 14. The molecule has 49 heavy (non-hydrogen) atoms. The number of carbonyl (C=O) groups is 3. The fourth-order valence-electron chi connectivity index (χ4n) is 5.98. The number of amides is 3. The van der Waals surface area contributed by atoms with Crippen LogP contribution in [-0.2, 0) is 20.9 Å². The third-order valence-electron chi connectivity index (χ3n) is 8.62. The summed E-state index contributed by atoms with van der Waals surface area (Å²) in [6.45, 7) is 5.32. The standard InChI is InChI=1S/C35H43N5O4.C3H7NO/c1-38(30-13-6-3-7-14-30)33(29-11-4-2-5-12-29)34(35(42)39-20-18-36-19-21-39)40(27-41)26-28-10-8-15-31(24-28)43-22-23-44-32-16-9-17-37-25-32;1-2-3(4)5/h2,4-5,8-12,15-17,24-25,27,30,36H,3,6-7,13-14,18-23,26H2,1H3;2H2,1H3,(H2,4,5)/b34-33-;. The van der Waals surface area contributed by atoms with Crippen molar-refractivity contribution in [3.05, 3.63) is 95.9 Å². The normalized spacial score (nSPS) is 15.2. The lowest BCUT2D eigenvalue weighted by Gasteiger charge is -2.38. The van der Waals surface area contributed by atoms with E-state index in [4.69, 9.17) is 9.47 Å². The van der Waals surface area contributed by atoms with Gasteiger partial charge in [-0.1, -0.05) is 68.7 Å². The average molecular weight is 671 g/mol. The van der Waals surface area contributed by atoms with Crippen molar-refractivity contribution < 1.29 is 23.9 Å². The Balaban J connectivity index is 0.00000101. The lowest BCUT2D eigenvalue weighted by atomic mass is 9.93. The highest BCUT2D eigenvalue weighted by Crippen LogP contribution is 2.33. The van der Waals surface area contributed by atoms with Crippen molar-refractivity contribution in [3.63, 3.8) is 0 Å². The summed E-state index contributed by atoms with van der Waals surface area (Å²) in [5.74, 6) is 0.988. The monoisotopic (exact) mass is 670 g/mol. The van der Waals surface area contributed by atoms with Gasteiger partial charge in [0.15, 0.2) is 0 Å². The molecule has 1 aliphatic carbocycles. The van der Waals surface area contributed by atoms with Gasteiger partial charge in [-0.3, -0.25) is 19.4 Å². The van der Waals surface area contributed by atoms with Gasteiger partial charge in [0.1, 0.15) is 30.4 Å². The Hall–Kier alpha value is -4.90. The second-order valence-corrected chi connectivity index (χ2v) is 12.1. The number of carbonyl (C=O) groups excluding carboxylic acids is 3. The predicted molar refractivity (Wildman–Crippen MR) is 190 cm³/mol. The summed E-state index contributed by atoms with van der Waals surface area (Å²) >= 11 is 0. The highest BCUT2D eigenvalue weighted by molar-refractivity contribution is 6.02. The van der Waals surface area contributed by atoms with E-state index < -0.39 is 0 Å². The van der Waals surface area contributed by atoms with E-state index in [1.807, 2.05) is 71.6 Å². The van der Waals surface area contributed by atoms with Gasteiger partial charge in [-0.05, 0) is 42.7 Å².